The lowest BCUT2D eigenvalue weighted by Gasteiger charge is -2.07. The number of aromatic hydroxyl groups is 1. The minimum absolute atomic E-state index is 0.185. The van der Waals surface area contributed by atoms with Crippen LogP contribution in [0.2, 0.25) is 0 Å². The van der Waals surface area contributed by atoms with Crippen molar-refractivity contribution in [2.45, 2.75) is 9.79 Å². The summed E-state index contributed by atoms with van der Waals surface area (Å²) >= 11 is 0. The molecular weight excluding hydrogens is 296 g/mol. The van der Waals surface area contributed by atoms with Crippen molar-refractivity contribution in [3.05, 3.63) is 30.3 Å². The molecule has 2 aromatic rings. The van der Waals surface area contributed by atoms with E-state index in [1.165, 1.54) is 12.1 Å². The van der Waals surface area contributed by atoms with Crippen molar-refractivity contribution in [2.24, 2.45) is 0 Å². The van der Waals surface area contributed by atoms with Crippen LogP contribution in [-0.4, -0.2) is 31.0 Å². The first-order valence-electron chi connectivity index (χ1n) is 4.74. The number of fused-ring (bicyclic) bond motifs is 1. The number of hydrogen-bond donors (Lipinski definition) is 3. The third-order valence-electron chi connectivity index (χ3n) is 2.37. The summed E-state index contributed by atoms with van der Waals surface area (Å²) in [5, 5.41) is 8.84. The molecule has 7 nitrogen and oxygen atoms in total. The second-order valence-corrected chi connectivity index (χ2v) is 6.43. The molecule has 2 rings (SSSR count). The summed E-state index contributed by atoms with van der Waals surface area (Å²) in [6.45, 7) is 0. The molecule has 0 fully saturated rings. The standard InChI is InChI=1S/C10H7O7S2/c11-6-4-8-7(10(5-6)19(15,16)17)2-1-3-9(8)18(12,13)14/h1-3,5,11H,(H,12,13,14)(H,15,16,17). The average molecular weight is 303 g/mol. The van der Waals surface area contributed by atoms with E-state index in [1.54, 1.807) is 0 Å². The zero-order valence-corrected chi connectivity index (χ0v) is 10.7. The summed E-state index contributed by atoms with van der Waals surface area (Å²) in [6.07, 6.45) is 0. The molecule has 19 heavy (non-hydrogen) atoms. The molecule has 3 N–H and O–H groups in total. The number of benzene rings is 2. The van der Waals surface area contributed by atoms with Gasteiger partial charge in [0.2, 0.25) is 0 Å². The van der Waals surface area contributed by atoms with Crippen molar-refractivity contribution in [1.29, 1.82) is 0 Å². The molecule has 101 valence electrons. The summed E-state index contributed by atoms with van der Waals surface area (Å²) in [5.74, 6) is -0.684. The Labute approximate surface area is 108 Å². The molecule has 0 aliphatic heterocycles. The molecule has 0 saturated carbocycles. The third-order valence-corrected chi connectivity index (χ3v) is 4.16. The summed E-state index contributed by atoms with van der Waals surface area (Å²) < 4.78 is 62.8. The molecule has 0 saturated heterocycles. The Bertz CT molecular complexity index is 866. The van der Waals surface area contributed by atoms with Crippen LogP contribution in [0.25, 0.3) is 10.8 Å². The first-order valence-corrected chi connectivity index (χ1v) is 7.62. The van der Waals surface area contributed by atoms with E-state index in [4.69, 9.17) is 9.11 Å². The monoisotopic (exact) mass is 303 g/mol. The van der Waals surface area contributed by atoms with E-state index in [0.29, 0.717) is 0 Å². The molecule has 0 bridgehead atoms. The van der Waals surface area contributed by atoms with Crippen LogP contribution in [0, 0.1) is 6.07 Å². The maximum atomic E-state index is 11.2. The van der Waals surface area contributed by atoms with E-state index in [1.807, 2.05) is 0 Å². The topological polar surface area (TPSA) is 129 Å². The van der Waals surface area contributed by atoms with Gasteiger partial charge in [0.05, 0.1) is 0 Å². The molecule has 0 aromatic heterocycles. The highest BCUT2D eigenvalue weighted by atomic mass is 32.2. The fourth-order valence-electron chi connectivity index (χ4n) is 1.66. The molecule has 0 atom stereocenters. The quantitative estimate of drug-likeness (QED) is 0.701. The van der Waals surface area contributed by atoms with Crippen LogP contribution in [0.4, 0.5) is 0 Å². The van der Waals surface area contributed by atoms with E-state index in [0.717, 1.165) is 12.1 Å². The van der Waals surface area contributed by atoms with Crippen molar-refractivity contribution in [3.63, 3.8) is 0 Å². The van der Waals surface area contributed by atoms with E-state index in [-0.39, 0.29) is 10.8 Å². The summed E-state index contributed by atoms with van der Waals surface area (Å²) in [5.41, 5.74) is 0. The maximum absolute atomic E-state index is 11.2. The number of hydrogen-bond acceptors (Lipinski definition) is 5. The van der Waals surface area contributed by atoms with Crippen molar-refractivity contribution in [2.75, 3.05) is 0 Å². The van der Waals surface area contributed by atoms with Gasteiger partial charge in [-0.05, 0) is 6.07 Å². The Morgan fingerprint density at radius 1 is 0.947 bits per heavy atom. The SMILES string of the molecule is O=S(=O)(O)c1cccc2c(S(=O)(=O)O)cc(O)[c]c12. The molecule has 0 aliphatic carbocycles. The van der Waals surface area contributed by atoms with Gasteiger partial charge < -0.3 is 5.11 Å². The van der Waals surface area contributed by atoms with Crippen LogP contribution >= 0.6 is 0 Å². The number of phenolic OH excluding ortho intramolecular Hbond substituents is 1. The smallest absolute Gasteiger partial charge is 0.295 e. The number of rotatable bonds is 2. The molecule has 0 unspecified atom stereocenters. The second-order valence-electron chi connectivity index (χ2n) is 3.65. The molecular formula is C10H7O7S2. The molecule has 0 aliphatic rings. The second kappa shape index (κ2) is 4.17. The van der Waals surface area contributed by atoms with Crippen LogP contribution in [0.1, 0.15) is 0 Å². The average Bonchev–Trinajstić information content (AvgIpc) is 2.24. The van der Waals surface area contributed by atoms with Crippen molar-refractivity contribution in [3.8, 4) is 5.75 Å². The van der Waals surface area contributed by atoms with Crippen LogP contribution in [0.3, 0.4) is 0 Å². The van der Waals surface area contributed by atoms with Gasteiger partial charge in [-0.2, -0.15) is 16.8 Å². The zero-order valence-electron chi connectivity index (χ0n) is 9.10. The van der Waals surface area contributed by atoms with Gasteiger partial charge in [0.25, 0.3) is 20.2 Å². The van der Waals surface area contributed by atoms with Gasteiger partial charge in [-0.1, -0.05) is 12.1 Å². The first kappa shape index (κ1) is 13.7. The Hall–Kier alpha value is -1.68. The lowest BCUT2D eigenvalue weighted by atomic mass is 10.1. The van der Waals surface area contributed by atoms with Gasteiger partial charge in [-0.15, -0.1) is 0 Å². The van der Waals surface area contributed by atoms with E-state index < -0.39 is 35.8 Å². The number of phenols is 1. The fraction of sp³-hybridized carbons (Fsp3) is 0. The Morgan fingerprint density at radius 3 is 2.05 bits per heavy atom. The van der Waals surface area contributed by atoms with E-state index in [2.05, 4.69) is 6.07 Å². The van der Waals surface area contributed by atoms with Crippen LogP contribution < -0.4 is 0 Å². The Morgan fingerprint density at radius 2 is 1.53 bits per heavy atom. The van der Waals surface area contributed by atoms with Gasteiger partial charge >= 0.3 is 0 Å². The lowest BCUT2D eigenvalue weighted by Crippen LogP contribution is -2.03. The molecule has 9 heteroatoms. The van der Waals surface area contributed by atoms with Gasteiger partial charge in [0, 0.05) is 22.9 Å². The third kappa shape index (κ3) is 2.54. The van der Waals surface area contributed by atoms with Gasteiger partial charge in [-0.25, -0.2) is 0 Å². The van der Waals surface area contributed by atoms with Crippen LogP contribution in [0.5, 0.6) is 5.75 Å². The minimum atomic E-state index is -4.67. The summed E-state index contributed by atoms with van der Waals surface area (Å²) in [7, 11) is -9.30. The van der Waals surface area contributed by atoms with Gasteiger partial charge in [0.1, 0.15) is 15.5 Å². The van der Waals surface area contributed by atoms with Crippen molar-refractivity contribution < 1.29 is 31.0 Å². The van der Waals surface area contributed by atoms with E-state index >= 15 is 0 Å². The van der Waals surface area contributed by atoms with Crippen molar-refractivity contribution >= 4 is 31.0 Å². The Balaban J connectivity index is 3.07. The summed E-state index contributed by atoms with van der Waals surface area (Å²) in [4.78, 5) is -1.30. The first-order chi connectivity index (χ1) is 8.60. The normalized spacial score (nSPS) is 12.7. The van der Waals surface area contributed by atoms with E-state index in [9.17, 15) is 21.9 Å². The molecule has 2 aromatic carbocycles. The van der Waals surface area contributed by atoms with Crippen LogP contribution in [-0.2, 0) is 20.2 Å². The maximum Gasteiger partial charge on any atom is 0.295 e. The lowest BCUT2D eigenvalue weighted by molar-refractivity contribution is 0.466. The summed E-state index contributed by atoms with van der Waals surface area (Å²) in [6, 6.07) is 6.36. The highest BCUT2D eigenvalue weighted by Crippen LogP contribution is 2.31. The molecule has 0 amide bonds. The highest BCUT2D eigenvalue weighted by molar-refractivity contribution is 7.86. The van der Waals surface area contributed by atoms with Gasteiger partial charge in [-0.3, -0.25) is 9.11 Å². The molecule has 0 spiro atoms. The van der Waals surface area contributed by atoms with Crippen molar-refractivity contribution in [1.82, 2.24) is 0 Å². The molecule has 0 heterocycles. The van der Waals surface area contributed by atoms with Crippen LogP contribution in [0.15, 0.2) is 34.1 Å². The zero-order chi connectivity index (χ0) is 14.4. The predicted molar refractivity (Wildman–Crippen MR) is 64.1 cm³/mol. The minimum Gasteiger partial charge on any atom is -0.507 e. The van der Waals surface area contributed by atoms with Gasteiger partial charge in [0.15, 0.2) is 0 Å². The fourth-order valence-corrected chi connectivity index (χ4v) is 3.04. The predicted octanol–water partition coefficient (Wildman–Crippen LogP) is 0.839. The molecule has 1 radical (unpaired) electrons. The highest BCUT2D eigenvalue weighted by Gasteiger charge is 2.21. The largest absolute Gasteiger partial charge is 0.507 e. The Kier molecular flexibility index (Phi) is 3.01.